The van der Waals surface area contributed by atoms with E-state index >= 15 is 0 Å². The van der Waals surface area contributed by atoms with Gasteiger partial charge < -0.3 is 10.0 Å². The number of rotatable bonds is 5. The molecule has 0 aromatic heterocycles. The van der Waals surface area contributed by atoms with Crippen molar-refractivity contribution in [1.82, 2.24) is 4.90 Å². The number of carbonyl (C=O) groups is 1. The maximum absolute atomic E-state index is 12.4. The SMILES string of the molecule is Cc1cccc(CSCC(=O)N2CCC(c3ccc(O)cc3)CC2)c1. The van der Waals surface area contributed by atoms with Gasteiger partial charge in [0, 0.05) is 18.8 Å². The minimum atomic E-state index is 0.252. The van der Waals surface area contributed by atoms with Crippen LogP contribution in [0.4, 0.5) is 0 Å². The van der Waals surface area contributed by atoms with Crippen molar-refractivity contribution in [2.45, 2.75) is 31.4 Å². The van der Waals surface area contributed by atoms with E-state index in [9.17, 15) is 9.90 Å². The first kappa shape index (κ1) is 17.9. The summed E-state index contributed by atoms with van der Waals surface area (Å²) in [7, 11) is 0. The lowest BCUT2D eigenvalue weighted by atomic mass is 9.89. The minimum absolute atomic E-state index is 0.252. The molecule has 0 aliphatic carbocycles. The van der Waals surface area contributed by atoms with Crippen molar-refractivity contribution in [1.29, 1.82) is 0 Å². The summed E-state index contributed by atoms with van der Waals surface area (Å²) >= 11 is 1.70. The van der Waals surface area contributed by atoms with E-state index in [1.807, 2.05) is 17.0 Å². The number of carbonyl (C=O) groups excluding carboxylic acids is 1. The third-order valence-electron chi connectivity index (χ3n) is 4.79. The van der Waals surface area contributed by atoms with E-state index in [0.29, 0.717) is 17.4 Å². The number of benzene rings is 2. The van der Waals surface area contributed by atoms with Gasteiger partial charge in [-0.25, -0.2) is 0 Å². The third-order valence-corrected chi connectivity index (χ3v) is 5.78. The monoisotopic (exact) mass is 355 g/mol. The molecule has 0 spiro atoms. The topological polar surface area (TPSA) is 40.5 Å². The van der Waals surface area contributed by atoms with Crippen molar-refractivity contribution in [2.75, 3.05) is 18.8 Å². The Hall–Kier alpha value is -1.94. The first-order valence-corrected chi connectivity index (χ1v) is 9.97. The van der Waals surface area contributed by atoms with Crippen molar-refractivity contribution in [2.24, 2.45) is 0 Å². The molecule has 25 heavy (non-hydrogen) atoms. The second kappa shape index (κ2) is 8.43. The normalized spacial score (nSPS) is 15.3. The van der Waals surface area contributed by atoms with Gasteiger partial charge in [0.15, 0.2) is 0 Å². The molecule has 2 aromatic rings. The molecule has 0 atom stereocenters. The average Bonchev–Trinajstić information content (AvgIpc) is 2.62. The molecule has 1 heterocycles. The van der Waals surface area contributed by atoms with Gasteiger partial charge in [-0.1, -0.05) is 42.0 Å². The Morgan fingerprint density at radius 1 is 1.16 bits per heavy atom. The van der Waals surface area contributed by atoms with Gasteiger partial charge in [-0.2, -0.15) is 0 Å². The largest absolute Gasteiger partial charge is 0.508 e. The third kappa shape index (κ3) is 5.02. The zero-order chi connectivity index (χ0) is 17.6. The van der Waals surface area contributed by atoms with Crippen LogP contribution >= 0.6 is 11.8 Å². The summed E-state index contributed by atoms with van der Waals surface area (Å²) in [6, 6.07) is 15.9. The molecule has 0 bridgehead atoms. The van der Waals surface area contributed by atoms with Crippen molar-refractivity contribution in [3.8, 4) is 5.75 Å². The molecular formula is C21H25NO2S. The van der Waals surface area contributed by atoms with Gasteiger partial charge in [-0.05, 0) is 48.9 Å². The van der Waals surface area contributed by atoms with Crippen LogP contribution in [-0.2, 0) is 10.5 Å². The highest BCUT2D eigenvalue weighted by molar-refractivity contribution is 7.99. The summed E-state index contributed by atoms with van der Waals surface area (Å²) < 4.78 is 0. The number of amides is 1. The summed E-state index contributed by atoms with van der Waals surface area (Å²) in [6.45, 7) is 3.75. The number of hydrogen-bond acceptors (Lipinski definition) is 3. The molecule has 3 nitrogen and oxygen atoms in total. The van der Waals surface area contributed by atoms with E-state index in [-0.39, 0.29) is 5.91 Å². The number of piperidine rings is 1. The molecule has 0 radical (unpaired) electrons. The number of phenols is 1. The number of phenolic OH excluding ortho intramolecular Hbond substituents is 1. The van der Waals surface area contributed by atoms with Crippen LogP contribution in [0.5, 0.6) is 5.75 Å². The van der Waals surface area contributed by atoms with E-state index in [0.717, 1.165) is 31.7 Å². The summed E-state index contributed by atoms with van der Waals surface area (Å²) in [6.07, 6.45) is 2.00. The van der Waals surface area contributed by atoms with E-state index < -0.39 is 0 Å². The smallest absolute Gasteiger partial charge is 0.232 e. The van der Waals surface area contributed by atoms with Crippen LogP contribution in [0, 0.1) is 6.92 Å². The highest BCUT2D eigenvalue weighted by Crippen LogP contribution is 2.29. The Balaban J connectivity index is 1.43. The molecule has 0 saturated carbocycles. The summed E-state index contributed by atoms with van der Waals surface area (Å²) in [4.78, 5) is 14.4. The van der Waals surface area contributed by atoms with Crippen molar-refractivity contribution in [3.63, 3.8) is 0 Å². The van der Waals surface area contributed by atoms with E-state index in [1.54, 1.807) is 23.9 Å². The molecule has 1 aliphatic heterocycles. The van der Waals surface area contributed by atoms with Gasteiger partial charge in [0.05, 0.1) is 5.75 Å². The van der Waals surface area contributed by atoms with Crippen LogP contribution in [0.25, 0.3) is 0 Å². The van der Waals surface area contributed by atoms with Crippen LogP contribution in [0.15, 0.2) is 48.5 Å². The maximum atomic E-state index is 12.4. The lowest BCUT2D eigenvalue weighted by Crippen LogP contribution is -2.38. The van der Waals surface area contributed by atoms with Crippen LogP contribution < -0.4 is 0 Å². The lowest BCUT2D eigenvalue weighted by Gasteiger charge is -2.32. The first-order valence-electron chi connectivity index (χ1n) is 8.82. The number of nitrogens with zero attached hydrogens (tertiary/aromatic N) is 1. The number of aryl methyl sites for hydroxylation is 1. The van der Waals surface area contributed by atoms with Gasteiger partial charge in [-0.3, -0.25) is 4.79 Å². The fourth-order valence-electron chi connectivity index (χ4n) is 3.36. The predicted molar refractivity (Wildman–Crippen MR) is 104 cm³/mol. The molecular weight excluding hydrogens is 330 g/mol. The molecule has 1 N–H and O–H groups in total. The van der Waals surface area contributed by atoms with Gasteiger partial charge >= 0.3 is 0 Å². The Kier molecular flexibility index (Phi) is 6.03. The predicted octanol–water partition coefficient (Wildman–Crippen LogP) is 4.34. The zero-order valence-electron chi connectivity index (χ0n) is 14.6. The molecule has 2 aromatic carbocycles. The van der Waals surface area contributed by atoms with Gasteiger partial charge in [-0.15, -0.1) is 11.8 Å². The molecule has 4 heteroatoms. The Labute approximate surface area is 154 Å². The van der Waals surface area contributed by atoms with Crippen LogP contribution in [0.3, 0.4) is 0 Å². The Bertz CT molecular complexity index is 706. The van der Waals surface area contributed by atoms with Gasteiger partial charge in [0.2, 0.25) is 5.91 Å². The second-order valence-corrected chi connectivity index (χ2v) is 7.71. The summed E-state index contributed by atoms with van der Waals surface area (Å²) in [5.74, 6) is 2.49. The molecule has 3 rings (SSSR count). The molecule has 1 aliphatic rings. The van der Waals surface area contributed by atoms with Gasteiger partial charge in [0.1, 0.15) is 5.75 Å². The fraction of sp³-hybridized carbons (Fsp3) is 0.381. The van der Waals surface area contributed by atoms with E-state index in [1.165, 1.54) is 16.7 Å². The van der Waals surface area contributed by atoms with Crippen LogP contribution in [0.2, 0.25) is 0 Å². The molecule has 1 amide bonds. The molecule has 0 unspecified atom stereocenters. The Morgan fingerprint density at radius 2 is 1.88 bits per heavy atom. The number of thioether (sulfide) groups is 1. The van der Waals surface area contributed by atoms with E-state index in [4.69, 9.17) is 0 Å². The lowest BCUT2D eigenvalue weighted by molar-refractivity contribution is -0.129. The zero-order valence-corrected chi connectivity index (χ0v) is 15.5. The quantitative estimate of drug-likeness (QED) is 0.867. The molecule has 1 fully saturated rings. The minimum Gasteiger partial charge on any atom is -0.508 e. The van der Waals surface area contributed by atoms with Crippen LogP contribution in [0.1, 0.15) is 35.4 Å². The average molecular weight is 356 g/mol. The summed E-state index contributed by atoms with van der Waals surface area (Å²) in [5.41, 5.74) is 3.81. The fourth-order valence-corrected chi connectivity index (χ4v) is 4.23. The Morgan fingerprint density at radius 3 is 2.56 bits per heavy atom. The molecule has 132 valence electrons. The maximum Gasteiger partial charge on any atom is 0.232 e. The van der Waals surface area contributed by atoms with Gasteiger partial charge in [0.25, 0.3) is 0 Å². The summed E-state index contributed by atoms with van der Waals surface area (Å²) in [5, 5.41) is 9.39. The number of aromatic hydroxyl groups is 1. The van der Waals surface area contributed by atoms with Crippen molar-refractivity contribution >= 4 is 17.7 Å². The number of hydrogen-bond donors (Lipinski definition) is 1. The van der Waals surface area contributed by atoms with Crippen molar-refractivity contribution in [3.05, 3.63) is 65.2 Å². The van der Waals surface area contributed by atoms with Crippen LogP contribution in [-0.4, -0.2) is 34.8 Å². The highest BCUT2D eigenvalue weighted by atomic mass is 32.2. The first-order chi connectivity index (χ1) is 12.1. The highest BCUT2D eigenvalue weighted by Gasteiger charge is 2.23. The number of likely N-dealkylation sites (tertiary alicyclic amines) is 1. The molecule has 1 saturated heterocycles. The van der Waals surface area contributed by atoms with Crippen molar-refractivity contribution < 1.29 is 9.90 Å². The second-order valence-electron chi connectivity index (χ2n) is 6.73. The van der Waals surface area contributed by atoms with E-state index in [2.05, 4.69) is 31.2 Å². The standard InChI is InChI=1S/C21H25NO2S/c1-16-3-2-4-17(13-16)14-25-15-21(24)22-11-9-19(10-12-22)18-5-7-20(23)8-6-18/h2-8,13,19,23H,9-12,14-15H2,1H3.